The summed E-state index contributed by atoms with van der Waals surface area (Å²) >= 11 is 0. The van der Waals surface area contributed by atoms with Gasteiger partial charge in [-0.3, -0.25) is 24.6 Å². The van der Waals surface area contributed by atoms with Crippen LogP contribution >= 0.6 is 0 Å². The fourth-order valence-electron chi connectivity index (χ4n) is 2.97. The number of nitro benzene ring substituents is 1. The minimum atomic E-state index is -0.693. The Morgan fingerprint density at radius 3 is 2.22 bits per heavy atom. The second kappa shape index (κ2) is 14.4. The Labute approximate surface area is 211 Å². The van der Waals surface area contributed by atoms with Gasteiger partial charge in [-0.25, -0.2) is 9.48 Å². The summed E-state index contributed by atoms with van der Waals surface area (Å²) in [6.45, 7) is 2.82. The van der Waals surface area contributed by atoms with Crippen molar-refractivity contribution in [3.8, 4) is 5.75 Å². The van der Waals surface area contributed by atoms with E-state index in [0.717, 1.165) is 4.90 Å². The van der Waals surface area contributed by atoms with Crippen molar-refractivity contribution in [2.75, 3.05) is 46.2 Å². The van der Waals surface area contributed by atoms with Gasteiger partial charge in [0, 0.05) is 30.8 Å². The molecule has 1 aliphatic heterocycles. The van der Waals surface area contributed by atoms with Gasteiger partial charge in [0.2, 0.25) is 0 Å². The zero-order valence-corrected chi connectivity index (χ0v) is 19.8. The van der Waals surface area contributed by atoms with Crippen LogP contribution in [0.2, 0.25) is 0 Å². The van der Waals surface area contributed by atoms with Crippen LogP contribution in [0.3, 0.4) is 0 Å². The lowest BCUT2D eigenvalue weighted by atomic mass is 10.3. The first-order chi connectivity index (χ1) is 17.9. The first-order valence-corrected chi connectivity index (χ1v) is 11.3. The van der Waals surface area contributed by atoms with E-state index in [4.69, 9.17) is 18.9 Å². The molecule has 0 saturated heterocycles. The summed E-state index contributed by atoms with van der Waals surface area (Å²) in [7, 11) is 0. The maximum atomic E-state index is 11.7. The highest BCUT2D eigenvalue weighted by Gasteiger charge is 2.24. The van der Waals surface area contributed by atoms with Crippen molar-refractivity contribution < 1.29 is 38.3 Å². The number of imide groups is 1. The lowest BCUT2D eigenvalue weighted by Gasteiger charge is -2.10. The number of carbonyl (C=O) groups excluding carboxylic acids is 3. The van der Waals surface area contributed by atoms with E-state index >= 15 is 0 Å². The summed E-state index contributed by atoms with van der Waals surface area (Å²) in [5, 5.41) is 21.0. The fourth-order valence-corrected chi connectivity index (χ4v) is 2.97. The number of hydrogen-bond donors (Lipinski definition) is 1. The number of hydrogen-bond acceptors (Lipinski definition) is 11. The minimum absolute atomic E-state index is 0.0732. The van der Waals surface area contributed by atoms with Crippen LogP contribution in [0.5, 0.6) is 5.75 Å². The molecule has 0 saturated carbocycles. The molecule has 1 aromatic heterocycles. The highest BCUT2D eigenvalue weighted by Crippen LogP contribution is 2.17. The molecular formula is C22H26N6O9. The Hall–Kier alpha value is -4.21. The highest BCUT2D eigenvalue weighted by molar-refractivity contribution is 6.12. The number of ether oxygens (including phenoxy) is 4. The number of carbonyl (C=O) groups is 3. The average molecular weight is 518 g/mol. The lowest BCUT2D eigenvalue weighted by Crippen LogP contribution is -2.30. The Balaban J connectivity index is 1.12. The molecule has 0 unspecified atom stereocenters. The molecule has 0 radical (unpaired) electrons. The number of benzene rings is 1. The molecule has 15 nitrogen and oxygen atoms in total. The topological polar surface area (TPSA) is 177 Å². The van der Waals surface area contributed by atoms with E-state index in [9.17, 15) is 24.5 Å². The third-order valence-electron chi connectivity index (χ3n) is 4.79. The van der Waals surface area contributed by atoms with Crippen LogP contribution in [0, 0.1) is 10.1 Å². The van der Waals surface area contributed by atoms with Crippen LogP contribution in [0.15, 0.2) is 42.6 Å². The minimum Gasteiger partial charge on any atom is -0.410 e. The quantitative estimate of drug-likeness (QED) is 0.141. The van der Waals surface area contributed by atoms with Crippen LogP contribution in [-0.2, 0) is 36.9 Å². The van der Waals surface area contributed by atoms with E-state index in [1.807, 2.05) is 0 Å². The number of nitrogens with one attached hydrogen (secondary N) is 1. The maximum Gasteiger partial charge on any atom is 0.412 e. The van der Waals surface area contributed by atoms with Crippen LogP contribution < -0.4 is 10.1 Å². The number of amides is 3. The smallest absolute Gasteiger partial charge is 0.410 e. The van der Waals surface area contributed by atoms with Crippen LogP contribution in [-0.4, -0.2) is 88.9 Å². The molecule has 1 aliphatic rings. The van der Waals surface area contributed by atoms with Gasteiger partial charge in [-0.05, 0) is 12.1 Å². The van der Waals surface area contributed by atoms with E-state index in [1.165, 1.54) is 36.4 Å². The third kappa shape index (κ3) is 9.40. The Bertz CT molecular complexity index is 1080. The number of nitrogens with zero attached hydrogens (tertiary/aromatic N) is 5. The van der Waals surface area contributed by atoms with Crippen molar-refractivity contribution in [2.45, 2.75) is 13.1 Å². The first-order valence-electron chi connectivity index (χ1n) is 11.3. The van der Waals surface area contributed by atoms with Crippen LogP contribution in [0.25, 0.3) is 0 Å². The zero-order valence-electron chi connectivity index (χ0n) is 19.8. The van der Waals surface area contributed by atoms with Crippen molar-refractivity contribution in [2.24, 2.45) is 0 Å². The Morgan fingerprint density at radius 2 is 1.57 bits per heavy atom. The third-order valence-corrected chi connectivity index (χ3v) is 4.79. The van der Waals surface area contributed by atoms with Gasteiger partial charge in [0.15, 0.2) is 0 Å². The fraction of sp³-hybridized carbons (Fsp3) is 0.409. The predicted molar refractivity (Wildman–Crippen MR) is 124 cm³/mol. The molecule has 3 amide bonds. The van der Waals surface area contributed by atoms with Gasteiger partial charge in [-0.1, -0.05) is 5.21 Å². The summed E-state index contributed by atoms with van der Waals surface area (Å²) in [4.78, 5) is 46.0. The summed E-state index contributed by atoms with van der Waals surface area (Å²) in [5.74, 6) is -0.547. The van der Waals surface area contributed by atoms with Crippen LogP contribution in [0.1, 0.15) is 5.69 Å². The molecule has 3 rings (SSSR count). The molecular weight excluding hydrogens is 492 g/mol. The molecule has 2 aromatic rings. The van der Waals surface area contributed by atoms with Gasteiger partial charge in [-0.15, -0.1) is 5.10 Å². The predicted octanol–water partition coefficient (Wildman–Crippen LogP) is 0.450. The van der Waals surface area contributed by atoms with E-state index in [-0.39, 0.29) is 42.9 Å². The zero-order chi connectivity index (χ0) is 26.5. The number of aromatic nitrogens is 3. The van der Waals surface area contributed by atoms with Crippen LogP contribution in [0.4, 0.5) is 10.5 Å². The van der Waals surface area contributed by atoms with Crippen molar-refractivity contribution in [3.63, 3.8) is 0 Å². The van der Waals surface area contributed by atoms with Crippen molar-refractivity contribution in [3.05, 3.63) is 58.4 Å². The van der Waals surface area contributed by atoms with Gasteiger partial charge in [0.25, 0.3) is 17.5 Å². The normalized spacial score (nSPS) is 12.8. The SMILES string of the molecule is O=C(NCCOCCOCCOCCn1cc(CN2C(=O)C=CC2=O)nn1)Oc1ccc([N+](=O)[O-])cc1. The lowest BCUT2D eigenvalue weighted by molar-refractivity contribution is -0.384. The van der Waals surface area contributed by atoms with E-state index in [1.54, 1.807) is 10.9 Å². The maximum absolute atomic E-state index is 11.7. The molecule has 1 N–H and O–H groups in total. The summed E-state index contributed by atoms with van der Waals surface area (Å²) in [6, 6.07) is 5.16. The van der Waals surface area contributed by atoms with Gasteiger partial charge in [-0.2, -0.15) is 0 Å². The van der Waals surface area contributed by atoms with Gasteiger partial charge >= 0.3 is 6.09 Å². The molecule has 0 atom stereocenters. The molecule has 1 aromatic carbocycles. The summed E-state index contributed by atoms with van der Waals surface area (Å²) in [6.07, 6.45) is 3.40. The van der Waals surface area contributed by atoms with Crippen molar-refractivity contribution in [1.29, 1.82) is 0 Å². The van der Waals surface area contributed by atoms with Gasteiger partial charge < -0.3 is 24.3 Å². The van der Waals surface area contributed by atoms with E-state index in [2.05, 4.69) is 15.6 Å². The second-order valence-electron chi connectivity index (χ2n) is 7.47. The molecule has 0 fully saturated rings. The molecule has 0 spiro atoms. The molecule has 0 aliphatic carbocycles. The Kier molecular flexibility index (Phi) is 10.6. The first kappa shape index (κ1) is 27.4. The van der Waals surface area contributed by atoms with E-state index in [0.29, 0.717) is 45.3 Å². The van der Waals surface area contributed by atoms with E-state index < -0.39 is 11.0 Å². The Morgan fingerprint density at radius 1 is 0.946 bits per heavy atom. The number of rotatable bonds is 16. The average Bonchev–Trinajstić information content (AvgIpc) is 3.46. The monoisotopic (exact) mass is 518 g/mol. The molecule has 15 heteroatoms. The molecule has 2 heterocycles. The highest BCUT2D eigenvalue weighted by atomic mass is 16.6. The summed E-state index contributed by atoms with van der Waals surface area (Å²) in [5.41, 5.74) is 0.410. The van der Waals surface area contributed by atoms with Gasteiger partial charge in [0.1, 0.15) is 11.4 Å². The standard InChI is InChI=1S/C22H26N6O9/c29-20-5-6-21(30)27(20)16-17-15-26(25-24-17)8-10-35-12-14-36-13-11-34-9-7-23-22(31)37-19-3-1-18(2-4-19)28(32)33/h1-6,15H,7-14,16H2,(H,23,31). The molecule has 0 bridgehead atoms. The van der Waals surface area contributed by atoms with Crippen molar-refractivity contribution in [1.82, 2.24) is 25.2 Å². The second-order valence-corrected chi connectivity index (χ2v) is 7.47. The summed E-state index contributed by atoms with van der Waals surface area (Å²) < 4.78 is 22.8. The van der Waals surface area contributed by atoms with Crippen molar-refractivity contribution >= 4 is 23.6 Å². The molecule has 198 valence electrons. The largest absolute Gasteiger partial charge is 0.412 e. The number of non-ortho nitro benzene ring substituents is 1. The van der Waals surface area contributed by atoms with Gasteiger partial charge in [0.05, 0.1) is 63.9 Å². The molecule has 37 heavy (non-hydrogen) atoms. The number of nitro groups is 1.